The van der Waals surface area contributed by atoms with Crippen LogP contribution in [0.5, 0.6) is 5.75 Å². The number of nitrogens with zero attached hydrogens (tertiary/aromatic N) is 2. The summed E-state index contributed by atoms with van der Waals surface area (Å²) in [5, 5.41) is 1.20. The number of fused-ring (bicyclic) bond motifs is 1. The van der Waals surface area contributed by atoms with Crippen LogP contribution < -0.4 is 4.74 Å². The lowest BCUT2D eigenvalue weighted by atomic mass is 10.1. The van der Waals surface area contributed by atoms with E-state index in [-0.39, 0.29) is 0 Å². The molecule has 6 aromatic rings. The molecule has 0 atom stereocenters. The number of nitrogens with one attached hydrogen (secondary N) is 1. The predicted molar refractivity (Wildman–Crippen MR) is 143 cm³/mol. The first-order chi connectivity index (χ1) is 17.3. The van der Waals surface area contributed by atoms with E-state index in [1.165, 1.54) is 5.39 Å². The molecule has 4 nitrogen and oxygen atoms in total. The fourth-order valence-electron chi connectivity index (χ4n) is 3.98. The SMILES string of the molecule is COc1ccccc1-c1nc(-c2ccccc2)c(-c2ccccc2)[nH]1.c1ccc2ncccc2c1. The van der Waals surface area contributed by atoms with Gasteiger partial charge in [0.15, 0.2) is 0 Å². The van der Waals surface area contributed by atoms with Gasteiger partial charge in [-0.25, -0.2) is 4.98 Å². The molecule has 0 saturated carbocycles. The summed E-state index contributed by atoms with van der Waals surface area (Å²) in [6, 6.07) is 40.5. The van der Waals surface area contributed by atoms with Crippen LogP contribution >= 0.6 is 0 Å². The first kappa shape index (κ1) is 22.1. The van der Waals surface area contributed by atoms with E-state index in [0.717, 1.165) is 45.2 Å². The van der Waals surface area contributed by atoms with E-state index < -0.39 is 0 Å². The maximum Gasteiger partial charge on any atom is 0.142 e. The van der Waals surface area contributed by atoms with Gasteiger partial charge in [-0.3, -0.25) is 4.98 Å². The Morgan fingerprint density at radius 3 is 2.00 bits per heavy atom. The minimum atomic E-state index is 0.801. The Kier molecular flexibility index (Phi) is 6.63. The number of hydrogen-bond donors (Lipinski definition) is 1. The summed E-state index contributed by atoms with van der Waals surface area (Å²) in [5.41, 5.74) is 6.14. The fraction of sp³-hybridized carbons (Fsp3) is 0.0323. The van der Waals surface area contributed by atoms with Gasteiger partial charge in [0, 0.05) is 22.7 Å². The van der Waals surface area contributed by atoms with E-state index in [4.69, 9.17) is 9.72 Å². The van der Waals surface area contributed by atoms with Crippen LogP contribution in [0.4, 0.5) is 0 Å². The average Bonchev–Trinajstić information content (AvgIpc) is 3.40. The third kappa shape index (κ3) is 4.97. The molecule has 2 aromatic heterocycles. The lowest BCUT2D eigenvalue weighted by molar-refractivity contribution is 0.416. The average molecular weight is 456 g/mol. The molecule has 0 aliphatic carbocycles. The van der Waals surface area contributed by atoms with Crippen LogP contribution in [0.15, 0.2) is 128 Å². The highest BCUT2D eigenvalue weighted by Gasteiger charge is 2.16. The predicted octanol–water partition coefficient (Wildman–Crippen LogP) is 7.65. The van der Waals surface area contributed by atoms with Crippen LogP contribution in [0.3, 0.4) is 0 Å². The number of aromatic nitrogens is 3. The number of para-hydroxylation sites is 2. The molecule has 0 aliphatic heterocycles. The Labute approximate surface area is 204 Å². The first-order valence-corrected chi connectivity index (χ1v) is 11.5. The van der Waals surface area contributed by atoms with Gasteiger partial charge in [0.2, 0.25) is 0 Å². The zero-order chi connectivity index (χ0) is 23.9. The van der Waals surface area contributed by atoms with E-state index in [1.807, 2.05) is 91.1 Å². The number of methoxy groups -OCH3 is 1. The number of imidazole rings is 1. The second-order valence-corrected chi connectivity index (χ2v) is 7.94. The molecule has 6 rings (SSSR count). The summed E-state index contributed by atoms with van der Waals surface area (Å²) in [6.45, 7) is 0. The van der Waals surface area contributed by atoms with Gasteiger partial charge >= 0.3 is 0 Å². The Morgan fingerprint density at radius 2 is 1.26 bits per heavy atom. The van der Waals surface area contributed by atoms with Gasteiger partial charge in [-0.1, -0.05) is 97.1 Å². The molecule has 0 unspecified atom stereocenters. The second kappa shape index (κ2) is 10.5. The van der Waals surface area contributed by atoms with E-state index in [0.29, 0.717) is 0 Å². The molecule has 0 fully saturated rings. The van der Waals surface area contributed by atoms with Crippen molar-refractivity contribution >= 4 is 10.9 Å². The lowest BCUT2D eigenvalue weighted by Crippen LogP contribution is -1.88. The minimum Gasteiger partial charge on any atom is -0.496 e. The lowest BCUT2D eigenvalue weighted by Gasteiger charge is -2.05. The molecular weight excluding hydrogens is 430 g/mol. The number of aromatic amines is 1. The van der Waals surface area contributed by atoms with Gasteiger partial charge in [-0.15, -0.1) is 0 Å². The van der Waals surface area contributed by atoms with Gasteiger partial charge in [0.25, 0.3) is 0 Å². The van der Waals surface area contributed by atoms with Crippen molar-refractivity contribution in [3.63, 3.8) is 0 Å². The Hall–Kier alpha value is -4.70. The summed E-state index contributed by atoms with van der Waals surface area (Å²) in [4.78, 5) is 12.6. The number of H-pyrrole nitrogens is 1. The van der Waals surface area contributed by atoms with Crippen molar-refractivity contribution < 1.29 is 4.74 Å². The highest BCUT2D eigenvalue weighted by atomic mass is 16.5. The van der Waals surface area contributed by atoms with Crippen molar-refractivity contribution in [2.45, 2.75) is 0 Å². The molecule has 4 heteroatoms. The topological polar surface area (TPSA) is 50.8 Å². The molecular formula is C31H25N3O. The van der Waals surface area contributed by atoms with Crippen LogP contribution in [0.2, 0.25) is 0 Å². The standard InChI is InChI=1S/C22H18N2O.C9H7N/c1-25-19-15-9-8-14-18(19)22-23-20(16-10-4-2-5-11-16)21(24-22)17-12-6-3-7-13-17;1-2-6-9-8(4-1)5-3-7-10-9/h2-15H,1H3,(H,23,24);1-7H. The van der Waals surface area contributed by atoms with Crippen LogP contribution in [-0.2, 0) is 0 Å². The van der Waals surface area contributed by atoms with Crippen LogP contribution in [-0.4, -0.2) is 22.1 Å². The Morgan fingerprint density at radius 1 is 0.629 bits per heavy atom. The fourth-order valence-corrected chi connectivity index (χ4v) is 3.98. The van der Waals surface area contributed by atoms with Gasteiger partial charge in [0.1, 0.15) is 11.6 Å². The van der Waals surface area contributed by atoms with Crippen molar-refractivity contribution in [2.75, 3.05) is 7.11 Å². The van der Waals surface area contributed by atoms with Gasteiger partial charge in [0.05, 0.1) is 29.6 Å². The van der Waals surface area contributed by atoms with Crippen LogP contribution in [0.1, 0.15) is 0 Å². The third-order valence-corrected chi connectivity index (χ3v) is 5.69. The van der Waals surface area contributed by atoms with Gasteiger partial charge < -0.3 is 9.72 Å². The monoisotopic (exact) mass is 455 g/mol. The van der Waals surface area contributed by atoms with Crippen LogP contribution in [0.25, 0.3) is 44.8 Å². The molecule has 170 valence electrons. The summed E-state index contributed by atoms with van der Waals surface area (Å²) in [5.74, 6) is 1.60. The molecule has 0 spiro atoms. The van der Waals surface area contributed by atoms with E-state index in [9.17, 15) is 0 Å². The third-order valence-electron chi connectivity index (χ3n) is 5.69. The maximum absolute atomic E-state index is 5.50. The number of hydrogen-bond acceptors (Lipinski definition) is 3. The van der Waals surface area contributed by atoms with Crippen molar-refractivity contribution in [3.8, 4) is 39.7 Å². The summed E-state index contributed by atoms with van der Waals surface area (Å²) >= 11 is 0. The summed E-state index contributed by atoms with van der Waals surface area (Å²) in [7, 11) is 1.68. The molecule has 0 aliphatic rings. The Balaban J connectivity index is 0.000000211. The van der Waals surface area contributed by atoms with Crippen molar-refractivity contribution in [1.29, 1.82) is 0 Å². The number of benzene rings is 4. The largest absolute Gasteiger partial charge is 0.496 e. The minimum absolute atomic E-state index is 0.801. The summed E-state index contributed by atoms with van der Waals surface area (Å²) in [6.07, 6.45) is 1.81. The highest BCUT2D eigenvalue weighted by Crippen LogP contribution is 2.35. The maximum atomic E-state index is 5.50. The first-order valence-electron chi connectivity index (χ1n) is 11.5. The van der Waals surface area contributed by atoms with E-state index in [2.05, 4.69) is 46.4 Å². The van der Waals surface area contributed by atoms with Crippen molar-refractivity contribution in [1.82, 2.24) is 15.0 Å². The summed E-state index contributed by atoms with van der Waals surface area (Å²) < 4.78 is 5.50. The number of ether oxygens (including phenoxy) is 1. The second-order valence-electron chi connectivity index (χ2n) is 7.94. The molecule has 2 heterocycles. The van der Waals surface area contributed by atoms with E-state index in [1.54, 1.807) is 7.11 Å². The molecule has 35 heavy (non-hydrogen) atoms. The van der Waals surface area contributed by atoms with Crippen LogP contribution in [0, 0.1) is 0 Å². The molecule has 0 amide bonds. The normalized spacial score (nSPS) is 10.4. The molecule has 0 radical (unpaired) electrons. The quantitative estimate of drug-likeness (QED) is 0.297. The molecule has 4 aromatic carbocycles. The zero-order valence-corrected chi connectivity index (χ0v) is 19.4. The molecule has 0 saturated heterocycles. The van der Waals surface area contributed by atoms with Gasteiger partial charge in [-0.05, 0) is 24.3 Å². The molecule has 0 bridgehead atoms. The number of rotatable bonds is 4. The number of pyridine rings is 1. The van der Waals surface area contributed by atoms with Gasteiger partial charge in [-0.2, -0.15) is 0 Å². The van der Waals surface area contributed by atoms with E-state index >= 15 is 0 Å². The Bertz CT molecular complexity index is 1400. The zero-order valence-electron chi connectivity index (χ0n) is 19.4. The smallest absolute Gasteiger partial charge is 0.142 e. The molecule has 1 N–H and O–H groups in total. The van der Waals surface area contributed by atoms with Crippen molar-refractivity contribution in [3.05, 3.63) is 128 Å². The van der Waals surface area contributed by atoms with Crippen molar-refractivity contribution in [2.24, 2.45) is 0 Å². The highest BCUT2D eigenvalue weighted by molar-refractivity contribution is 5.82.